The van der Waals surface area contributed by atoms with E-state index in [0.29, 0.717) is 11.1 Å². The van der Waals surface area contributed by atoms with Gasteiger partial charge in [-0.05, 0) is 59.5 Å². The van der Waals surface area contributed by atoms with Crippen molar-refractivity contribution in [3.8, 4) is 80.5 Å². The van der Waals surface area contributed by atoms with E-state index >= 15 is 0 Å². The number of hydrogen-bond donors (Lipinski definition) is 14. The molecular formula is C46H40O17. The third kappa shape index (κ3) is 6.52. The number of aliphatic hydroxyl groups is 3. The lowest BCUT2D eigenvalue weighted by molar-refractivity contribution is -0.00562. The Morgan fingerprint density at radius 3 is 1.44 bits per heavy atom. The Labute approximate surface area is 356 Å². The van der Waals surface area contributed by atoms with E-state index in [0.717, 1.165) is 48.5 Å². The minimum Gasteiger partial charge on any atom is -0.508 e. The Hall–Kier alpha value is -7.60. The van der Waals surface area contributed by atoms with Gasteiger partial charge in [0.25, 0.3) is 0 Å². The summed E-state index contributed by atoms with van der Waals surface area (Å²) in [6, 6.07) is 15.5. The Balaban J connectivity index is 1.31. The standard InChI is InChI=1S/C46H40O17/c1-16-2-3-17(8-24(16)50)42-32(58)13-21-25(51)14-29(55)35(45(21)62-42)39-37-31(57)15-30(56)36(46(37)63-44(41(39)60)19-5-7-23(49)27(53)10-19)38-34-28(54)11-20(47)12-33(34)61-43(40(38)59)18-4-6-22(48)26(52)9-18/h2-12,14-15,32,38-44,47-60H,13H2,1H3/t32?,38-,39+,40?,41?,42-,43?,44-/m1/s1. The zero-order valence-electron chi connectivity index (χ0n) is 32.8. The fourth-order valence-corrected chi connectivity index (χ4v) is 9.03. The van der Waals surface area contributed by atoms with Crippen LogP contribution in [0.5, 0.6) is 80.5 Å². The lowest BCUT2D eigenvalue weighted by Gasteiger charge is -2.43. The molecule has 17 heteroatoms. The van der Waals surface area contributed by atoms with Crippen LogP contribution in [0.15, 0.2) is 78.9 Å². The van der Waals surface area contributed by atoms with Gasteiger partial charge in [0, 0.05) is 58.5 Å². The van der Waals surface area contributed by atoms with Crippen LogP contribution < -0.4 is 14.2 Å². The summed E-state index contributed by atoms with van der Waals surface area (Å²) in [7, 11) is 0. The van der Waals surface area contributed by atoms with Crippen LogP contribution >= 0.6 is 0 Å². The third-order valence-electron chi connectivity index (χ3n) is 12.1. The number of benzene rings is 6. The molecule has 0 aliphatic carbocycles. The van der Waals surface area contributed by atoms with Crippen molar-refractivity contribution in [3.05, 3.63) is 129 Å². The first kappa shape index (κ1) is 40.8. The molecule has 8 atom stereocenters. The summed E-state index contributed by atoms with van der Waals surface area (Å²) in [5.41, 5.74) is -0.199. The smallest absolute Gasteiger partial charge is 0.157 e. The third-order valence-corrected chi connectivity index (χ3v) is 12.1. The van der Waals surface area contributed by atoms with E-state index in [-0.39, 0.29) is 62.6 Å². The van der Waals surface area contributed by atoms with Crippen molar-refractivity contribution in [2.45, 2.75) is 61.8 Å². The summed E-state index contributed by atoms with van der Waals surface area (Å²) in [5, 5.41) is 157. The lowest BCUT2D eigenvalue weighted by Crippen LogP contribution is -2.39. The Bertz CT molecular complexity index is 2840. The van der Waals surface area contributed by atoms with Gasteiger partial charge in [0.1, 0.15) is 75.8 Å². The van der Waals surface area contributed by atoms with Crippen molar-refractivity contribution in [3.63, 3.8) is 0 Å². The molecule has 3 aliphatic heterocycles. The van der Waals surface area contributed by atoms with E-state index in [1.807, 2.05) is 0 Å². The van der Waals surface area contributed by atoms with E-state index in [4.69, 9.17) is 14.2 Å². The SMILES string of the molecule is Cc1ccc([C@H]2Oc3c(c(O)cc(O)c3[C@H]3c4c(O)cc(O)c([C@H]5c6c(O)cc(O)cc6OC(c6ccc(O)c(O)c6)C5O)c4O[C@H](c4ccc(O)c(O)c4)C3O)CC2O)cc1O. The minimum absolute atomic E-state index is 0.0110. The molecule has 0 bridgehead atoms. The highest BCUT2D eigenvalue weighted by molar-refractivity contribution is 5.70. The molecule has 0 aromatic heterocycles. The van der Waals surface area contributed by atoms with Crippen molar-refractivity contribution in [1.82, 2.24) is 0 Å². The predicted molar refractivity (Wildman–Crippen MR) is 217 cm³/mol. The highest BCUT2D eigenvalue weighted by Gasteiger charge is 2.51. The second-order valence-electron chi connectivity index (χ2n) is 15.9. The second kappa shape index (κ2) is 14.8. The maximum Gasteiger partial charge on any atom is 0.157 e. The topological polar surface area (TPSA) is 311 Å². The number of phenolic OH excluding ortho intramolecular Hbond substituents is 11. The number of aliphatic hydroxyl groups excluding tert-OH is 3. The van der Waals surface area contributed by atoms with Crippen LogP contribution in [-0.2, 0) is 6.42 Å². The van der Waals surface area contributed by atoms with Crippen LogP contribution in [0.3, 0.4) is 0 Å². The van der Waals surface area contributed by atoms with Gasteiger partial charge in [0.2, 0.25) is 0 Å². The molecule has 0 saturated heterocycles. The monoisotopic (exact) mass is 864 g/mol. The highest BCUT2D eigenvalue weighted by atomic mass is 16.5. The van der Waals surface area contributed by atoms with E-state index in [2.05, 4.69) is 0 Å². The van der Waals surface area contributed by atoms with Crippen LogP contribution in [-0.4, -0.2) is 89.8 Å². The second-order valence-corrected chi connectivity index (χ2v) is 15.9. The molecule has 3 aliphatic rings. The van der Waals surface area contributed by atoms with Crippen LogP contribution in [0.1, 0.15) is 80.2 Å². The van der Waals surface area contributed by atoms with Gasteiger partial charge in [0.05, 0.1) is 17.9 Å². The largest absolute Gasteiger partial charge is 0.508 e. The molecule has 0 fully saturated rings. The van der Waals surface area contributed by atoms with Crippen LogP contribution in [0.2, 0.25) is 0 Å². The van der Waals surface area contributed by atoms with Crippen LogP contribution in [0, 0.1) is 6.92 Å². The lowest BCUT2D eigenvalue weighted by atomic mass is 9.73. The number of aromatic hydroxyl groups is 11. The Morgan fingerprint density at radius 2 is 0.873 bits per heavy atom. The fourth-order valence-electron chi connectivity index (χ4n) is 9.03. The van der Waals surface area contributed by atoms with Crippen molar-refractivity contribution < 1.29 is 85.7 Å². The van der Waals surface area contributed by atoms with Crippen molar-refractivity contribution in [2.75, 3.05) is 0 Å². The van der Waals surface area contributed by atoms with Crippen LogP contribution in [0.4, 0.5) is 0 Å². The highest BCUT2D eigenvalue weighted by Crippen LogP contribution is 2.62. The molecule has 63 heavy (non-hydrogen) atoms. The number of aryl methyl sites for hydroxylation is 1. The molecule has 0 saturated carbocycles. The zero-order chi connectivity index (χ0) is 44.9. The molecule has 0 radical (unpaired) electrons. The number of fused-ring (bicyclic) bond motifs is 3. The van der Waals surface area contributed by atoms with Crippen molar-refractivity contribution >= 4 is 0 Å². The van der Waals surface area contributed by atoms with Gasteiger partial charge in [-0.2, -0.15) is 0 Å². The molecule has 6 aromatic carbocycles. The fraction of sp³-hybridized carbons (Fsp3) is 0.217. The van der Waals surface area contributed by atoms with Gasteiger partial charge in [-0.25, -0.2) is 0 Å². The first-order chi connectivity index (χ1) is 29.9. The van der Waals surface area contributed by atoms with Crippen molar-refractivity contribution in [2.24, 2.45) is 0 Å². The molecular weight excluding hydrogens is 824 g/mol. The van der Waals surface area contributed by atoms with Crippen LogP contribution in [0.25, 0.3) is 0 Å². The summed E-state index contributed by atoms with van der Waals surface area (Å²) in [4.78, 5) is 0. The maximum absolute atomic E-state index is 12.5. The number of ether oxygens (including phenoxy) is 3. The summed E-state index contributed by atoms with van der Waals surface area (Å²) >= 11 is 0. The minimum atomic E-state index is -1.87. The van der Waals surface area contributed by atoms with Gasteiger partial charge < -0.3 is 85.7 Å². The first-order valence-corrected chi connectivity index (χ1v) is 19.5. The molecule has 9 rings (SSSR count). The molecule has 17 nitrogen and oxygen atoms in total. The summed E-state index contributed by atoms with van der Waals surface area (Å²) in [6.45, 7) is 1.66. The summed E-state index contributed by atoms with van der Waals surface area (Å²) in [6.07, 6.45) is -9.58. The molecule has 3 heterocycles. The van der Waals surface area contributed by atoms with Gasteiger partial charge in [0.15, 0.2) is 35.2 Å². The number of phenols is 11. The maximum atomic E-state index is 12.5. The zero-order valence-corrected chi connectivity index (χ0v) is 32.8. The molecule has 326 valence electrons. The number of rotatable bonds is 5. The Kier molecular flexibility index (Phi) is 9.58. The molecule has 4 unspecified atom stereocenters. The first-order valence-electron chi connectivity index (χ1n) is 19.5. The average molecular weight is 865 g/mol. The quantitative estimate of drug-likeness (QED) is 0.101. The van der Waals surface area contributed by atoms with Gasteiger partial charge in [-0.3, -0.25) is 0 Å². The summed E-state index contributed by atoms with van der Waals surface area (Å²) < 4.78 is 19.0. The van der Waals surface area contributed by atoms with Gasteiger partial charge >= 0.3 is 0 Å². The van der Waals surface area contributed by atoms with E-state index < -0.39 is 112 Å². The molecule has 0 amide bonds. The van der Waals surface area contributed by atoms with Gasteiger partial charge in [-0.15, -0.1) is 0 Å². The summed E-state index contributed by atoms with van der Waals surface area (Å²) in [5.74, 6) is -10.2. The molecule has 0 spiro atoms. The number of hydrogen-bond acceptors (Lipinski definition) is 17. The van der Waals surface area contributed by atoms with Crippen molar-refractivity contribution in [1.29, 1.82) is 0 Å². The molecule has 14 N–H and O–H groups in total. The van der Waals surface area contributed by atoms with Gasteiger partial charge in [-0.1, -0.05) is 24.3 Å². The normalized spacial score (nSPS) is 23.6. The van der Waals surface area contributed by atoms with E-state index in [1.165, 1.54) is 18.2 Å². The Morgan fingerprint density at radius 1 is 0.413 bits per heavy atom. The predicted octanol–water partition coefficient (Wildman–Crippen LogP) is 5.05. The van der Waals surface area contributed by atoms with E-state index in [1.54, 1.807) is 19.1 Å². The average Bonchev–Trinajstić information content (AvgIpc) is 3.22. The molecule has 6 aromatic rings. The van der Waals surface area contributed by atoms with E-state index in [9.17, 15) is 71.5 Å².